The van der Waals surface area contributed by atoms with Crippen LogP contribution < -0.4 is 0 Å². The maximum atomic E-state index is 12.1. The standard InChI is InChI=1S/C16H26O2/c1-15(2)9-4-10-16(3)11-13(18)6-5-12(17)7-8-14(15)16/h14H,4-11H2,1-3H3/t14-,16+/m0/s1. The van der Waals surface area contributed by atoms with Crippen LogP contribution >= 0.6 is 0 Å². The van der Waals surface area contributed by atoms with E-state index in [1.165, 1.54) is 12.8 Å². The van der Waals surface area contributed by atoms with E-state index in [2.05, 4.69) is 20.8 Å². The van der Waals surface area contributed by atoms with E-state index in [0.29, 0.717) is 37.4 Å². The molecule has 0 amide bonds. The summed E-state index contributed by atoms with van der Waals surface area (Å²) >= 11 is 0. The molecule has 2 fully saturated rings. The number of Topliss-reactive ketones (excluding diaryl/α,β-unsaturated/α-hetero) is 2. The normalized spacial score (nSPS) is 37.4. The molecular weight excluding hydrogens is 224 g/mol. The molecule has 2 saturated carbocycles. The van der Waals surface area contributed by atoms with Gasteiger partial charge in [0.25, 0.3) is 0 Å². The van der Waals surface area contributed by atoms with E-state index in [1.54, 1.807) is 0 Å². The highest BCUT2D eigenvalue weighted by Crippen LogP contribution is 2.55. The summed E-state index contributed by atoms with van der Waals surface area (Å²) in [5.41, 5.74) is 0.404. The Labute approximate surface area is 111 Å². The number of rotatable bonds is 0. The van der Waals surface area contributed by atoms with E-state index < -0.39 is 0 Å². The summed E-state index contributed by atoms with van der Waals surface area (Å²) in [4.78, 5) is 23.8. The van der Waals surface area contributed by atoms with Crippen molar-refractivity contribution in [2.75, 3.05) is 0 Å². The predicted octanol–water partition coefficient (Wildman–Crippen LogP) is 3.92. The fraction of sp³-hybridized carbons (Fsp3) is 0.875. The molecule has 0 N–H and O–H groups in total. The Morgan fingerprint density at radius 1 is 0.944 bits per heavy atom. The molecule has 0 bridgehead atoms. The Kier molecular flexibility index (Phi) is 3.66. The van der Waals surface area contributed by atoms with Gasteiger partial charge in [0, 0.05) is 25.7 Å². The van der Waals surface area contributed by atoms with Gasteiger partial charge in [0.1, 0.15) is 11.6 Å². The second-order valence-electron chi connectivity index (χ2n) is 7.34. The molecule has 2 nitrogen and oxygen atoms in total. The van der Waals surface area contributed by atoms with Crippen LogP contribution in [-0.4, -0.2) is 11.6 Å². The van der Waals surface area contributed by atoms with E-state index in [1.807, 2.05) is 0 Å². The predicted molar refractivity (Wildman–Crippen MR) is 72.3 cm³/mol. The van der Waals surface area contributed by atoms with Gasteiger partial charge in [0.05, 0.1) is 0 Å². The zero-order chi connectivity index (χ0) is 13.4. The minimum atomic E-state index is 0.128. The fourth-order valence-electron chi connectivity index (χ4n) is 4.44. The second-order valence-corrected chi connectivity index (χ2v) is 7.34. The molecule has 18 heavy (non-hydrogen) atoms. The number of carbonyl (C=O) groups excluding carboxylic acids is 2. The molecule has 0 saturated heterocycles. The Morgan fingerprint density at radius 3 is 2.33 bits per heavy atom. The van der Waals surface area contributed by atoms with Gasteiger partial charge >= 0.3 is 0 Å². The lowest BCUT2D eigenvalue weighted by Gasteiger charge is -2.51. The summed E-state index contributed by atoms with van der Waals surface area (Å²) in [6.07, 6.45) is 6.91. The van der Waals surface area contributed by atoms with E-state index in [-0.39, 0.29) is 16.6 Å². The topological polar surface area (TPSA) is 34.1 Å². The Bertz CT molecular complexity index is 356. The highest BCUT2D eigenvalue weighted by atomic mass is 16.1. The van der Waals surface area contributed by atoms with Crippen molar-refractivity contribution in [1.82, 2.24) is 0 Å². The number of fused-ring (bicyclic) bond motifs is 1. The van der Waals surface area contributed by atoms with Crippen molar-refractivity contribution in [2.24, 2.45) is 16.7 Å². The lowest BCUT2D eigenvalue weighted by atomic mass is 9.54. The third-order valence-corrected chi connectivity index (χ3v) is 5.35. The summed E-state index contributed by atoms with van der Waals surface area (Å²) in [5, 5.41) is 0. The number of hydrogen-bond donors (Lipinski definition) is 0. The molecule has 2 aliphatic carbocycles. The number of hydrogen-bond acceptors (Lipinski definition) is 2. The quantitative estimate of drug-likeness (QED) is 0.653. The van der Waals surface area contributed by atoms with Gasteiger partial charge in [0.15, 0.2) is 0 Å². The van der Waals surface area contributed by atoms with Crippen LogP contribution in [0.2, 0.25) is 0 Å². The molecule has 2 rings (SSSR count). The van der Waals surface area contributed by atoms with Crippen LogP contribution in [0.1, 0.15) is 72.1 Å². The third kappa shape index (κ3) is 2.67. The molecule has 0 heterocycles. The Hall–Kier alpha value is -0.660. The summed E-state index contributed by atoms with van der Waals surface area (Å²) in [5.74, 6) is 1.11. The summed E-state index contributed by atoms with van der Waals surface area (Å²) < 4.78 is 0. The highest BCUT2D eigenvalue weighted by molar-refractivity contribution is 5.86. The molecule has 2 heteroatoms. The van der Waals surface area contributed by atoms with Crippen molar-refractivity contribution in [1.29, 1.82) is 0 Å². The van der Waals surface area contributed by atoms with Crippen molar-refractivity contribution in [3.63, 3.8) is 0 Å². The SMILES string of the molecule is CC1(C)CCC[C@]2(C)CC(=O)CCC(=O)CC[C@@H]12. The van der Waals surface area contributed by atoms with Crippen molar-refractivity contribution >= 4 is 11.6 Å². The van der Waals surface area contributed by atoms with Gasteiger partial charge < -0.3 is 0 Å². The van der Waals surface area contributed by atoms with Gasteiger partial charge in [-0.25, -0.2) is 0 Å². The first-order valence-corrected chi connectivity index (χ1v) is 7.37. The van der Waals surface area contributed by atoms with Crippen molar-refractivity contribution in [3.8, 4) is 0 Å². The van der Waals surface area contributed by atoms with Crippen LogP contribution in [0.3, 0.4) is 0 Å². The van der Waals surface area contributed by atoms with Gasteiger partial charge in [0.2, 0.25) is 0 Å². The molecule has 0 aromatic rings. The first-order chi connectivity index (χ1) is 8.33. The van der Waals surface area contributed by atoms with E-state index in [9.17, 15) is 9.59 Å². The molecule has 0 spiro atoms. The lowest BCUT2D eigenvalue weighted by Crippen LogP contribution is -2.43. The minimum Gasteiger partial charge on any atom is -0.300 e. The van der Waals surface area contributed by atoms with Crippen molar-refractivity contribution in [3.05, 3.63) is 0 Å². The second kappa shape index (κ2) is 4.79. The highest BCUT2D eigenvalue weighted by Gasteiger charge is 2.47. The van der Waals surface area contributed by atoms with E-state index >= 15 is 0 Å². The molecule has 102 valence electrons. The molecule has 2 atom stereocenters. The van der Waals surface area contributed by atoms with Crippen LogP contribution in [0.25, 0.3) is 0 Å². The van der Waals surface area contributed by atoms with E-state index in [0.717, 1.165) is 12.8 Å². The van der Waals surface area contributed by atoms with Crippen LogP contribution in [0.15, 0.2) is 0 Å². The third-order valence-electron chi connectivity index (χ3n) is 5.35. The van der Waals surface area contributed by atoms with Crippen molar-refractivity contribution in [2.45, 2.75) is 72.1 Å². The molecular formula is C16H26O2. The van der Waals surface area contributed by atoms with Crippen LogP contribution in [0.4, 0.5) is 0 Å². The summed E-state index contributed by atoms with van der Waals surface area (Å²) in [6, 6.07) is 0. The fourth-order valence-corrected chi connectivity index (χ4v) is 4.44. The first kappa shape index (κ1) is 13.8. The molecule has 0 aromatic carbocycles. The van der Waals surface area contributed by atoms with Crippen LogP contribution in [0.5, 0.6) is 0 Å². The Balaban J connectivity index is 2.29. The van der Waals surface area contributed by atoms with Crippen LogP contribution in [0, 0.1) is 16.7 Å². The van der Waals surface area contributed by atoms with Gasteiger partial charge in [-0.3, -0.25) is 9.59 Å². The number of carbonyl (C=O) groups is 2. The molecule has 2 aliphatic rings. The van der Waals surface area contributed by atoms with Gasteiger partial charge in [-0.2, -0.15) is 0 Å². The van der Waals surface area contributed by atoms with Crippen molar-refractivity contribution < 1.29 is 9.59 Å². The first-order valence-electron chi connectivity index (χ1n) is 7.37. The maximum Gasteiger partial charge on any atom is 0.133 e. The minimum absolute atomic E-state index is 0.128. The van der Waals surface area contributed by atoms with Gasteiger partial charge in [-0.05, 0) is 36.0 Å². The molecule has 0 radical (unpaired) electrons. The smallest absolute Gasteiger partial charge is 0.133 e. The zero-order valence-electron chi connectivity index (χ0n) is 12.1. The average molecular weight is 250 g/mol. The molecule has 0 aromatic heterocycles. The van der Waals surface area contributed by atoms with Crippen LogP contribution in [-0.2, 0) is 9.59 Å². The molecule has 0 unspecified atom stereocenters. The van der Waals surface area contributed by atoms with Gasteiger partial charge in [-0.15, -0.1) is 0 Å². The maximum absolute atomic E-state index is 12.1. The molecule has 0 aliphatic heterocycles. The number of ketones is 2. The summed E-state index contributed by atoms with van der Waals surface area (Å²) in [6.45, 7) is 6.93. The van der Waals surface area contributed by atoms with E-state index in [4.69, 9.17) is 0 Å². The monoisotopic (exact) mass is 250 g/mol. The zero-order valence-corrected chi connectivity index (χ0v) is 12.1. The van der Waals surface area contributed by atoms with Gasteiger partial charge in [-0.1, -0.05) is 27.2 Å². The summed E-state index contributed by atoms with van der Waals surface area (Å²) in [7, 11) is 0. The average Bonchev–Trinajstić information content (AvgIpc) is 2.28. The Morgan fingerprint density at radius 2 is 1.61 bits per heavy atom. The lowest BCUT2D eigenvalue weighted by molar-refractivity contribution is -0.125. The largest absolute Gasteiger partial charge is 0.300 e.